The number of amides is 2. The van der Waals surface area contributed by atoms with Crippen LogP contribution in [-0.4, -0.2) is 28.6 Å². The number of nitrogens with two attached hydrogens (primary N) is 1. The van der Waals surface area contributed by atoms with Gasteiger partial charge < -0.3 is 15.5 Å². The summed E-state index contributed by atoms with van der Waals surface area (Å²) in [7, 11) is 0. The zero-order valence-electron chi connectivity index (χ0n) is 14.3. The van der Waals surface area contributed by atoms with E-state index in [4.69, 9.17) is 10.2 Å². The number of benzene rings is 2. The van der Waals surface area contributed by atoms with Crippen LogP contribution in [0.2, 0.25) is 0 Å². The van der Waals surface area contributed by atoms with Crippen LogP contribution >= 0.6 is 0 Å². The molecule has 0 spiro atoms. The number of nitrogens with one attached hydrogen (secondary N) is 1. The lowest BCUT2D eigenvalue weighted by Gasteiger charge is -2.16. The first-order valence-electron chi connectivity index (χ1n) is 8.23. The number of ketones is 1. The van der Waals surface area contributed by atoms with Crippen molar-refractivity contribution in [3.05, 3.63) is 78.3 Å². The second-order valence-corrected chi connectivity index (χ2v) is 5.84. The van der Waals surface area contributed by atoms with E-state index in [-0.39, 0.29) is 17.9 Å². The first-order chi connectivity index (χ1) is 13.1. The van der Waals surface area contributed by atoms with E-state index in [1.807, 2.05) is 12.1 Å². The van der Waals surface area contributed by atoms with E-state index in [2.05, 4.69) is 10.3 Å². The summed E-state index contributed by atoms with van der Waals surface area (Å²) in [5.41, 5.74) is 6.60. The molecule has 1 atom stereocenters. The second kappa shape index (κ2) is 8.09. The van der Waals surface area contributed by atoms with Crippen molar-refractivity contribution in [1.82, 2.24) is 10.3 Å². The fraction of sp³-hybridized carbons (Fsp3) is 0.100. The normalized spacial score (nSPS) is 11.6. The standard InChI is InChI=1S/C20H17N3O4/c21-19(25)17(24)15(11-13-7-3-1-4-8-13)23-20(26)16-18(27-12-22-16)14-9-5-2-6-10-14/h1-10,12,15H,11H2,(H2,21,25)(H,23,26)/t15-/m0/s1. The smallest absolute Gasteiger partial charge is 0.287 e. The summed E-state index contributed by atoms with van der Waals surface area (Å²) in [6, 6.07) is 16.9. The number of oxazole rings is 1. The van der Waals surface area contributed by atoms with Crippen LogP contribution in [0.15, 0.2) is 71.5 Å². The quantitative estimate of drug-likeness (QED) is 0.620. The largest absolute Gasteiger partial charge is 0.443 e. The Morgan fingerprint density at radius 1 is 1.00 bits per heavy atom. The molecule has 3 rings (SSSR count). The minimum Gasteiger partial charge on any atom is -0.443 e. The van der Waals surface area contributed by atoms with Crippen molar-refractivity contribution in [3.63, 3.8) is 0 Å². The number of hydrogen-bond donors (Lipinski definition) is 2. The molecule has 1 heterocycles. The van der Waals surface area contributed by atoms with Crippen molar-refractivity contribution in [2.75, 3.05) is 0 Å². The molecule has 0 radical (unpaired) electrons. The Bertz CT molecular complexity index is 952. The SMILES string of the molecule is NC(=O)C(=O)[C@H](Cc1ccccc1)NC(=O)c1ncoc1-c1ccccc1. The van der Waals surface area contributed by atoms with E-state index < -0.39 is 23.6 Å². The van der Waals surface area contributed by atoms with E-state index >= 15 is 0 Å². The third-order valence-corrected chi connectivity index (χ3v) is 3.97. The highest BCUT2D eigenvalue weighted by Gasteiger charge is 2.28. The number of aromatic nitrogens is 1. The second-order valence-electron chi connectivity index (χ2n) is 5.84. The molecule has 0 aliphatic carbocycles. The van der Waals surface area contributed by atoms with E-state index in [9.17, 15) is 14.4 Å². The molecule has 3 aromatic rings. The number of carbonyl (C=O) groups is 3. The molecule has 2 aromatic carbocycles. The number of carbonyl (C=O) groups excluding carboxylic acids is 3. The third-order valence-electron chi connectivity index (χ3n) is 3.97. The molecule has 0 fully saturated rings. The van der Waals surface area contributed by atoms with E-state index in [1.165, 1.54) is 0 Å². The Hall–Kier alpha value is -3.74. The molecule has 0 unspecified atom stereocenters. The van der Waals surface area contributed by atoms with Crippen molar-refractivity contribution in [2.24, 2.45) is 5.73 Å². The van der Waals surface area contributed by atoms with Gasteiger partial charge in [-0.3, -0.25) is 14.4 Å². The Balaban J connectivity index is 1.84. The minimum atomic E-state index is -1.11. The number of Topliss-reactive ketones (excluding diaryl/α,β-unsaturated/α-hetero) is 1. The molecule has 7 heteroatoms. The van der Waals surface area contributed by atoms with Crippen molar-refractivity contribution in [1.29, 1.82) is 0 Å². The van der Waals surface area contributed by atoms with Gasteiger partial charge in [0.1, 0.15) is 6.04 Å². The van der Waals surface area contributed by atoms with Crippen LogP contribution in [-0.2, 0) is 16.0 Å². The molecule has 0 saturated heterocycles. The highest BCUT2D eigenvalue weighted by atomic mass is 16.3. The molecule has 0 bridgehead atoms. The first-order valence-corrected chi connectivity index (χ1v) is 8.23. The molecule has 7 nitrogen and oxygen atoms in total. The van der Waals surface area contributed by atoms with Crippen LogP contribution in [0.3, 0.4) is 0 Å². The maximum absolute atomic E-state index is 12.7. The van der Waals surface area contributed by atoms with Gasteiger partial charge in [0.25, 0.3) is 11.8 Å². The third kappa shape index (κ3) is 4.27. The molecule has 0 saturated carbocycles. The topological polar surface area (TPSA) is 115 Å². The lowest BCUT2D eigenvalue weighted by Crippen LogP contribution is -2.47. The Morgan fingerprint density at radius 3 is 2.26 bits per heavy atom. The van der Waals surface area contributed by atoms with Gasteiger partial charge in [0.2, 0.25) is 5.78 Å². The monoisotopic (exact) mass is 363 g/mol. The first kappa shape index (κ1) is 18.1. The van der Waals surface area contributed by atoms with Crippen molar-refractivity contribution < 1.29 is 18.8 Å². The Kier molecular flexibility index (Phi) is 5.41. The highest BCUT2D eigenvalue weighted by Crippen LogP contribution is 2.22. The maximum atomic E-state index is 12.7. The Labute approximate surface area is 155 Å². The zero-order valence-corrected chi connectivity index (χ0v) is 14.3. The lowest BCUT2D eigenvalue weighted by atomic mass is 10.0. The summed E-state index contributed by atoms with van der Waals surface area (Å²) in [6.45, 7) is 0. The van der Waals surface area contributed by atoms with Gasteiger partial charge in [-0.05, 0) is 5.56 Å². The summed E-state index contributed by atoms with van der Waals surface area (Å²) in [5.74, 6) is -2.34. The van der Waals surface area contributed by atoms with E-state index in [0.717, 1.165) is 12.0 Å². The number of nitrogens with zero attached hydrogens (tertiary/aromatic N) is 1. The predicted molar refractivity (Wildman–Crippen MR) is 97.5 cm³/mol. The molecule has 0 aliphatic rings. The van der Waals surface area contributed by atoms with Crippen molar-refractivity contribution >= 4 is 17.6 Å². The van der Waals surface area contributed by atoms with Gasteiger partial charge in [0.15, 0.2) is 17.8 Å². The van der Waals surface area contributed by atoms with Gasteiger partial charge >= 0.3 is 0 Å². The van der Waals surface area contributed by atoms with Gasteiger partial charge in [-0.1, -0.05) is 60.7 Å². The lowest BCUT2D eigenvalue weighted by molar-refractivity contribution is -0.137. The fourth-order valence-electron chi connectivity index (χ4n) is 2.66. The molecule has 3 N–H and O–H groups in total. The van der Waals surface area contributed by atoms with Gasteiger partial charge in [0.05, 0.1) is 0 Å². The zero-order chi connectivity index (χ0) is 19.2. The number of rotatable bonds is 7. The number of hydrogen-bond acceptors (Lipinski definition) is 5. The maximum Gasteiger partial charge on any atom is 0.287 e. The van der Waals surface area contributed by atoms with Crippen molar-refractivity contribution in [2.45, 2.75) is 12.5 Å². The molecule has 1 aromatic heterocycles. The Morgan fingerprint density at radius 2 is 1.63 bits per heavy atom. The summed E-state index contributed by atoms with van der Waals surface area (Å²) < 4.78 is 5.33. The molecule has 2 amide bonds. The van der Waals surface area contributed by atoms with Crippen LogP contribution in [0.1, 0.15) is 16.1 Å². The summed E-state index contributed by atoms with van der Waals surface area (Å²) >= 11 is 0. The van der Waals surface area contributed by atoms with Gasteiger partial charge in [-0.15, -0.1) is 0 Å². The van der Waals surface area contributed by atoms with Gasteiger partial charge in [-0.25, -0.2) is 4.98 Å². The van der Waals surface area contributed by atoms with Crippen LogP contribution in [0.25, 0.3) is 11.3 Å². The highest BCUT2D eigenvalue weighted by molar-refractivity contribution is 6.38. The van der Waals surface area contributed by atoms with Crippen LogP contribution in [0.5, 0.6) is 0 Å². The van der Waals surface area contributed by atoms with Crippen LogP contribution < -0.4 is 11.1 Å². The predicted octanol–water partition coefficient (Wildman–Crippen LogP) is 1.74. The van der Waals surface area contributed by atoms with E-state index in [1.54, 1.807) is 48.5 Å². The summed E-state index contributed by atoms with van der Waals surface area (Å²) in [6.07, 6.45) is 1.28. The molecular weight excluding hydrogens is 346 g/mol. The summed E-state index contributed by atoms with van der Waals surface area (Å²) in [5, 5.41) is 2.55. The van der Waals surface area contributed by atoms with Crippen LogP contribution in [0.4, 0.5) is 0 Å². The summed E-state index contributed by atoms with van der Waals surface area (Å²) in [4.78, 5) is 40.2. The van der Waals surface area contributed by atoms with Crippen LogP contribution in [0, 0.1) is 0 Å². The molecule has 136 valence electrons. The molecule has 27 heavy (non-hydrogen) atoms. The molecule has 0 aliphatic heterocycles. The molecular formula is C20H17N3O4. The average Bonchev–Trinajstić information content (AvgIpc) is 3.18. The van der Waals surface area contributed by atoms with Crippen molar-refractivity contribution in [3.8, 4) is 11.3 Å². The van der Waals surface area contributed by atoms with E-state index in [0.29, 0.717) is 5.56 Å². The number of primary amides is 1. The van der Waals surface area contributed by atoms with Gasteiger partial charge in [0, 0.05) is 12.0 Å². The fourth-order valence-corrected chi connectivity index (χ4v) is 2.66. The average molecular weight is 363 g/mol. The van der Waals surface area contributed by atoms with Gasteiger partial charge in [-0.2, -0.15) is 0 Å². The minimum absolute atomic E-state index is 0.0246.